The number of likely N-dealkylation sites (N-methyl/N-ethyl adjacent to an activating group) is 1. The fraction of sp³-hybridized carbons (Fsp3) is 0.375. The summed E-state index contributed by atoms with van der Waals surface area (Å²) in [6.45, 7) is 8.06. The molecule has 0 bridgehead atoms. The minimum absolute atomic E-state index is 0.269. The first-order valence-electron chi connectivity index (χ1n) is 6.75. The fourth-order valence-corrected chi connectivity index (χ4v) is 3.42. The van der Waals surface area contributed by atoms with Gasteiger partial charge in [0.25, 0.3) is 0 Å². The van der Waals surface area contributed by atoms with Gasteiger partial charge < -0.3 is 10.6 Å². The summed E-state index contributed by atoms with van der Waals surface area (Å²) in [5.74, 6) is 0. The Labute approximate surface area is 119 Å². The van der Waals surface area contributed by atoms with Crippen LogP contribution in [0.15, 0.2) is 36.4 Å². The summed E-state index contributed by atoms with van der Waals surface area (Å²) < 4.78 is 0. The highest BCUT2D eigenvalue weighted by Gasteiger charge is 2.19. The van der Waals surface area contributed by atoms with E-state index in [1.54, 1.807) is 0 Å². The number of hydrogen-bond acceptors (Lipinski definition) is 3. The number of hydrogen-bond donors (Lipinski definition) is 1. The molecule has 0 saturated carbocycles. The van der Waals surface area contributed by atoms with Gasteiger partial charge in [0.2, 0.25) is 0 Å². The van der Waals surface area contributed by atoms with Crippen LogP contribution in [0.2, 0.25) is 0 Å². The SMILES string of the molecule is CCN(c1cccc(C)c1)C(CN)c1ccc(C)s1. The third-order valence-corrected chi connectivity index (χ3v) is 4.46. The lowest BCUT2D eigenvalue weighted by atomic mass is 10.1. The predicted octanol–water partition coefficient (Wildman–Crippen LogP) is 3.89. The molecule has 2 rings (SSSR count). The van der Waals surface area contributed by atoms with Crippen LogP contribution in [0.4, 0.5) is 5.69 Å². The fourth-order valence-electron chi connectivity index (χ4n) is 2.42. The molecular formula is C16H22N2S. The van der Waals surface area contributed by atoms with Gasteiger partial charge in [-0.2, -0.15) is 0 Å². The molecule has 0 fully saturated rings. The lowest BCUT2D eigenvalue weighted by Gasteiger charge is -2.31. The molecule has 2 aromatic rings. The van der Waals surface area contributed by atoms with E-state index in [2.05, 4.69) is 62.1 Å². The van der Waals surface area contributed by atoms with Gasteiger partial charge >= 0.3 is 0 Å². The Balaban J connectivity index is 2.33. The molecule has 0 aliphatic carbocycles. The number of anilines is 1. The molecule has 1 heterocycles. The molecule has 3 heteroatoms. The maximum atomic E-state index is 6.03. The van der Waals surface area contributed by atoms with E-state index in [0.717, 1.165) is 6.54 Å². The second-order valence-corrected chi connectivity index (χ2v) is 6.14. The topological polar surface area (TPSA) is 29.3 Å². The van der Waals surface area contributed by atoms with Crippen LogP contribution in [-0.4, -0.2) is 13.1 Å². The van der Waals surface area contributed by atoms with Gasteiger partial charge in [-0.15, -0.1) is 11.3 Å². The lowest BCUT2D eigenvalue weighted by molar-refractivity contribution is 0.653. The van der Waals surface area contributed by atoms with Crippen molar-refractivity contribution in [2.24, 2.45) is 5.73 Å². The van der Waals surface area contributed by atoms with Crippen LogP contribution in [0.25, 0.3) is 0 Å². The van der Waals surface area contributed by atoms with E-state index >= 15 is 0 Å². The van der Waals surface area contributed by atoms with E-state index in [9.17, 15) is 0 Å². The third-order valence-electron chi connectivity index (χ3n) is 3.36. The summed E-state index contributed by atoms with van der Waals surface area (Å²) in [7, 11) is 0. The highest BCUT2D eigenvalue weighted by atomic mass is 32.1. The molecule has 1 aromatic carbocycles. The van der Waals surface area contributed by atoms with Crippen LogP contribution < -0.4 is 10.6 Å². The van der Waals surface area contributed by atoms with Crippen molar-refractivity contribution in [2.45, 2.75) is 26.8 Å². The normalized spacial score (nSPS) is 12.4. The van der Waals surface area contributed by atoms with Crippen LogP contribution >= 0.6 is 11.3 Å². The smallest absolute Gasteiger partial charge is 0.0757 e. The van der Waals surface area contributed by atoms with Gasteiger partial charge in [-0.1, -0.05) is 12.1 Å². The van der Waals surface area contributed by atoms with Crippen molar-refractivity contribution in [1.29, 1.82) is 0 Å². The van der Waals surface area contributed by atoms with E-state index < -0.39 is 0 Å². The average Bonchev–Trinajstić information content (AvgIpc) is 2.82. The first-order valence-corrected chi connectivity index (χ1v) is 7.57. The quantitative estimate of drug-likeness (QED) is 0.896. The Morgan fingerprint density at radius 2 is 2.00 bits per heavy atom. The zero-order valence-corrected chi connectivity index (χ0v) is 12.7. The Hall–Kier alpha value is -1.32. The molecule has 0 spiro atoms. The van der Waals surface area contributed by atoms with E-state index in [1.807, 2.05) is 11.3 Å². The molecule has 0 aliphatic heterocycles. The molecule has 1 atom stereocenters. The van der Waals surface area contributed by atoms with E-state index in [-0.39, 0.29) is 6.04 Å². The second-order valence-electron chi connectivity index (χ2n) is 4.82. The van der Waals surface area contributed by atoms with Crippen molar-refractivity contribution in [3.63, 3.8) is 0 Å². The second kappa shape index (κ2) is 6.22. The van der Waals surface area contributed by atoms with Crippen LogP contribution in [0.3, 0.4) is 0 Å². The summed E-state index contributed by atoms with van der Waals surface area (Å²) in [6, 6.07) is 13.3. The van der Waals surface area contributed by atoms with Crippen LogP contribution in [0, 0.1) is 13.8 Å². The van der Waals surface area contributed by atoms with Crippen molar-refractivity contribution in [1.82, 2.24) is 0 Å². The number of rotatable bonds is 5. The summed E-state index contributed by atoms with van der Waals surface area (Å²) in [6.07, 6.45) is 0. The molecule has 0 radical (unpaired) electrons. The first-order chi connectivity index (χ1) is 9.15. The monoisotopic (exact) mass is 274 g/mol. The molecule has 19 heavy (non-hydrogen) atoms. The van der Waals surface area contributed by atoms with Crippen molar-refractivity contribution >= 4 is 17.0 Å². The minimum Gasteiger partial charge on any atom is -0.363 e. The highest BCUT2D eigenvalue weighted by molar-refractivity contribution is 7.12. The molecular weight excluding hydrogens is 252 g/mol. The zero-order chi connectivity index (χ0) is 13.8. The number of benzene rings is 1. The van der Waals surface area contributed by atoms with E-state index in [1.165, 1.54) is 21.0 Å². The summed E-state index contributed by atoms with van der Waals surface area (Å²) in [4.78, 5) is 5.08. The molecule has 2 N–H and O–H groups in total. The first kappa shape index (κ1) is 14.1. The molecule has 0 amide bonds. The Morgan fingerprint density at radius 1 is 1.21 bits per heavy atom. The number of thiophene rings is 1. The largest absolute Gasteiger partial charge is 0.363 e. The van der Waals surface area contributed by atoms with Crippen LogP contribution in [-0.2, 0) is 0 Å². The van der Waals surface area contributed by atoms with Gasteiger partial charge in [0, 0.05) is 28.5 Å². The number of nitrogens with zero attached hydrogens (tertiary/aromatic N) is 1. The molecule has 0 saturated heterocycles. The van der Waals surface area contributed by atoms with E-state index in [0.29, 0.717) is 6.54 Å². The van der Waals surface area contributed by atoms with E-state index in [4.69, 9.17) is 5.73 Å². The van der Waals surface area contributed by atoms with Crippen molar-refractivity contribution in [3.8, 4) is 0 Å². The van der Waals surface area contributed by atoms with Gasteiger partial charge in [0.05, 0.1) is 6.04 Å². The zero-order valence-electron chi connectivity index (χ0n) is 11.9. The summed E-state index contributed by atoms with van der Waals surface area (Å²) >= 11 is 1.84. The molecule has 102 valence electrons. The molecule has 1 aromatic heterocycles. The molecule has 0 aliphatic rings. The molecule has 1 unspecified atom stereocenters. The number of nitrogens with two attached hydrogens (primary N) is 1. The van der Waals surface area contributed by atoms with Gasteiger partial charge in [-0.3, -0.25) is 0 Å². The molecule has 2 nitrogen and oxygen atoms in total. The minimum atomic E-state index is 0.269. The van der Waals surface area contributed by atoms with Crippen molar-refractivity contribution in [2.75, 3.05) is 18.0 Å². The van der Waals surface area contributed by atoms with Crippen LogP contribution in [0.1, 0.15) is 28.3 Å². The summed E-state index contributed by atoms with van der Waals surface area (Å²) in [5.41, 5.74) is 8.57. The maximum absolute atomic E-state index is 6.03. The third kappa shape index (κ3) is 3.17. The Bertz CT molecular complexity index is 533. The number of aryl methyl sites for hydroxylation is 2. The highest BCUT2D eigenvalue weighted by Crippen LogP contribution is 2.31. The Kier molecular flexibility index (Phi) is 4.61. The van der Waals surface area contributed by atoms with Gasteiger partial charge in [-0.25, -0.2) is 0 Å². The maximum Gasteiger partial charge on any atom is 0.0757 e. The van der Waals surface area contributed by atoms with Gasteiger partial charge in [0.15, 0.2) is 0 Å². The van der Waals surface area contributed by atoms with Crippen molar-refractivity contribution in [3.05, 3.63) is 51.7 Å². The lowest BCUT2D eigenvalue weighted by Crippen LogP contribution is -2.33. The van der Waals surface area contributed by atoms with Crippen molar-refractivity contribution < 1.29 is 0 Å². The summed E-state index contributed by atoms with van der Waals surface area (Å²) in [5, 5.41) is 0. The van der Waals surface area contributed by atoms with Gasteiger partial charge in [0.1, 0.15) is 0 Å². The van der Waals surface area contributed by atoms with Crippen LogP contribution in [0.5, 0.6) is 0 Å². The standard InChI is InChI=1S/C16H22N2S/c1-4-18(14-7-5-6-12(2)10-14)15(11-17)16-9-8-13(3)19-16/h5-10,15H,4,11,17H2,1-3H3. The predicted molar refractivity (Wildman–Crippen MR) is 85.1 cm³/mol. The Morgan fingerprint density at radius 3 is 2.53 bits per heavy atom. The average molecular weight is 274 g/mol. The van der Waals surface area contributed by atoms with Gasteiger partial charge in [-0.05, 0) is 50.6 Å².